The summed E-state index contributed by atoms with van der Waals surface area (Å²) in [6.07, 6.45) is 0. The maximum atomic E-state index is 11.8. The van der Waals surface area contributed by atoms with Gasteiger partial charge < -0.3 is 5.32 Å². The van der Waals surface area contributed by atoms with Crippen molar-refractivity contribution >= 4 is 44.5 Å². The zero-order valence-corrected chi connectivity index (χ0v) is 11.8. The highest BCUT2D eigenvalue weighted by molar-refractivity contribution is 9.11. The number of hydrogen-bond donors (Lipinski definition) is 1. The van der Waals surface area contributed by atoms with Crippen molar-refractivity contribution in [3.05, 3.63) is 43.2 Å². The third-order valence-corrected chi connectivity index (χ3v) is 4.43. The summed E-state index contributed by atoms with van der Waals surface area (Å²) in [7, 11) is 0. The van der Waals surface area contributed by atoms with E-state index in [1.165, 1.54) is 11.3 Å². The lowest BCUT2D eigenvalue weighted by Gasteiger charge is -2.11. The van der Waals surface area contributed by atoms with Gasteiger partial charge in [0.2, 0.25) is 0 Å². The van der Waals surface area contributed by atoms with Crippen LogP contribution in [0.5, 0.6) is 0 Å². The lowest BCUT2D eigenvalue weighted by molar-refractivity contribution is 0.0940. The summed E-state index contributed by atoms with van der Waals surface area (Å²) in [4.78, 5) is 11.8. The number of rotatable bonds is 3. The number of carbonyl (C=O) groups is 1. The first-order valence-corrected chi connectivity index (χ1v) is 7.35. The molecule has 84 valence electrons. The number of hydrogen-bond acceptors (Lipinski definition) is 3. The molecule has 2 heterocycles. The van der Waals surface area contributed by atoms with Crippen LogP contribution in [0.3, 0.4) is 0 Å². The van der Waals surface area contributed by atoms with Crippen molar-refractivity contribution in [2.45, 2.75) is 13.0 Å². The Morgan fingerprint density at radius 2 is 2.31 bits per heavy atom. The van der Waals surface area contributed by atoms with Crippen LogP contribution in [0.15, 0.2) is 32.1 Å². The van der Waals surface area contributed by atoms with E-state index in [1.54, 1.807) is 11.3 Å². The fourth-order valence-electron chi connectivity index (χ4n) is 1.31. The van der Waals surface area contributed by atoms with Gasteiger partial charge in [0.05, 0.1) is 15.4 Å². The molecular formula is C11H10BrNOS2. The lowest BCUT2D eigenvalue weighted by atomic mass is 10.2. The highest BCUT2D eigenvalue weighted by Gasteiger charge is 2.12. The summed E-state index contributed by atoms with van der Waals surface area (Å²) in [5.41, 5.74) is 1.85. The largest absolute Gasteiger partial charge is 0.345 e. The van der Waals surface area contributed by atoms with Gasteiger partial charge in [-0.2, -0.15) is 11.3 Å². The second kappa shape index (κ2) is 5.12. The first-order chi connectivity index (χ1) is 7.66. The third-order valence-electron chi connectivity index (χ3n) is 2.22. The van der Waals surface area contributed by atoms with Gasteiger partial charge in [-0.25, -0.2) is 0 Å². The molecule has 1 N–H and O–H groups in total. The smallest absolute Gasteiger partial charge is 0.252 e. The van der Waals surface area contributed by atoms with Gasteiger partial charge in [-0.1, -0.05) is 0 Å². The summed E-state index contributed by atoms with van der Waals surface area (Å²) >= 11 is 6.50. The Morgan fingerprint density at radius 1 is 1.50 bits per heavy atom. The van der Waals surface area contributed by atoms with Crippen LogP contribution < -0.4 is 5.32 Å². The van der Waals surface area contributed by atoms with Gasteiger partial charge in [-0.05, 0) is 51.3 Å². The van der Waals surface area contributed by atoms with Crippen molar-refractivity contribution in [2.24, 2.45) is 0 Å². The van der Waals surface area contributed by atoms with Gasteiger partial charge >= 0.3 is 0 Å². The molecule has 0 fully saturated rings. The average molecular weight is 316 g/mol. The molecule has 0 aliphatic heterocycles. The first-order valence-electron chi connectivity index (χ1n) is 4.74. The first kappa shape index (κ1) is 11.8. The van der Waals surface area contributed by atoms with Crippen LogP contribution in [-0.4, -0.2) is 5.91 Å². The van der Waals surface area contributed by atoms with Gasteiger partial charge in [0, 0.05) is 5.38 Å². The Morgan fingerprint density at radius 3 is 2.88 bits per heavy atom. The van der Waals surface area contributed by atoms with E-state index in [9.17, 15) is 4.79 Å². The van der Waals surface area contributed by atoms with E-state index < -0.39 is 0 Å². The SMILES string of the molecule is CC(NC(=O)c1csc(Br)c1)c1ccsc1. The van der Waals surface area contributed by atoms with Gasteiger partial charge in [0.15, 0.2) is 0 Å². The quantitative estimate of drug-likeness (QED) is 0.909. The third kappa shape index (κ3) is 2.72. The molecule has 16 heavy (non-hydrogen) atoms. The summed E-state index contributed by atoms with van der Waals surface area (Å²) in [5, 5.41) is 8.88. The fraction of sp³-hybridized carbons (Fsp3) is 0.182. The summed E-state index contributed by atoms with van der Waals surface area (Å²) < 4.78 is 0.973. The molecule has 0 spiro atoms. The van der Waals surface area contributed by atoms with E-state index in [1.807, 2.05) is 29.8 Å². The normalized spacial score (nSPS) is 12.4. The molecule has 2 aromatic heterocycles. The molecule has 1 atom stereocenters. The number of carbonyl (C=O) groups excluding carboxylic acids is 1. The maximum absolute atomic E-state index is 11.8. The van der Waals surface area contributed by atoms with Crippen LogP contribution in [0, 0.1) is 0 Å². The minimum absolute atomic E-state index is 0.0272. The molecule has 2 nitrogen and oxygen atoms in total. The zero-order valence-electron chi connectivity index (χ0n) is 8.57. The second-order valence-corrected chi connectivity index (χ2v) is 6.46. The molecule has 0 aromatic carbocycles. The fourth-order valence-corrected chi connectivity index (χ4v) is 3.20. The second-order valence-electron chi connectivity index (χ2n) is 3.39. The number of halogens is 1. The maximum Gasteiger partial charge on any atom is 0.252 e. The van der Waals surface area contributed by atoms with Gasteiger partial charge in [-0.3, -0.25) is 4.79 Å². The monoisotopic (exact) mass is 315 g/mol. The number of thiophene rings is 2. The highest BCUT2D eigenvalue weighted by Crippen LogP contribution is 2.22. The molecule has 0 radical (unpaired) electrons. The number of nitrogens with one attached hydrogen (secondary N) is 1. The molecule has 5 heteroatoms. The van der Waals surface area contributed by atoms with Crippen molar-refractivity contribution in [1.29, 1.82) is 0 Å². The minimum Gasteiger partial charge on any atom is -0.345 e. The van der Waals surface area contributed by atoms with Crippen molar-refractivity contribution in [3.8, 4) is 0 Å². The zero-order chi connectivity index (χ0) is 11.5. The predicted octanol–water partition coefficient (Wildman–Crippen LogP) is 4.06. The van der Waals surface area contributed by atoms with Crippen molar-refractivity contribution in [1.82, 2.24) is 5.32 Å². The van der Waals surface area contributed by atoms with E-state index in [4.69, 9.17) is 0 Å². The van der Waals surface area contributed by atoms with Gasteiger partial charge in [-0.15, -0.1) is 11.3 Å². The van der Waals surface area contributed by atoms with Crippen LogP contribution in [0.25, 0.3) is 0 Å². The van der Waals surface area contributed by atoms with Gasteiger partial charge in [0.25, 0.3) is 5.91 Å². The molecule has 0 saturated carbocycles. The van der Waals surface area contributed by atoms with E-state index in [0.29, 0.717) is 5.56 Å². The van der Waals surface area contributed by atoms with Crippen molar-refractivity contribution in [2.75, 3.05) is 0 Å². The molecule has 0 saturated heterocycles. The number of amides is 1. The summed E-state index contributed by atoms with van der Waals surface area (Å²) in [6.45, 7) is 1.99. The Kier molecular flexibility index (Phi) is 3.78. The highest BCUT2D eigenvalue weighted by atomic mass is 79.9. The lowest BCUT2D eigenvalue weighted by Crippen LogP contribution is -2.25. The molecule has 2 aromatic rings. The molecule has 0 bridgehead atoms. The van der Waals surface area contributed by atoms with E-state index in [0.717, 1.165) is 9.35 Å². The molecule has 0 aliphatic rings. The Balaban J connectivity index is 2.03. The minimum atomic E-state index is -0.0272. The Labute approximate surface area is 110 Å². The molecule has 0 aliphatic carbocycles. The summed E-state index contributed by atoms with van der Waals surface area (Å²) in [6, 6.07) is 3.91. The molecule has 2 rings (SSSR count). The van der Waals surface area contributed by atoms with E-state index >= 15 is 0 Å². The van der Waals surface area contributed by atoms with Gasteiger partial charge in [0.1, 0.15) is 0 Å². The van der Waals surface area contributed by atoms with Crippen LogP contribution in [0.4, 0.5) is 0 Å². The van der Waals surface area contributed by atoms with E-state index in [2.05, 4.69) is 26.6 Å². The van der Waals surface area contributed by atoms with Crippen LogP contribution in [-0.2, 0) is 0 Å². The molecule has 1 amide bonds. The van der Waals surface area contributed by atoms with Crippen molar-refractivity contribution in [3.63, 3.8) is 0 Å². The molecule has 1 unspecified atom stereocenters. The molecular weight excluding hydrogens is 306 g/mol. The van der Waals surface area contributed by atoms with Crippen LogP contribution in [0.2, 0.25) is 0 Å². The van der Waals surface area contributed by atoms with E-state index in [-0.39, 0.29) is 11.9 Å². The summed E-state index contributed by atoms with van der Waals surface area (Å²) in [5.74, 6) is -0.0272. The standard InChI is InChI=1S/C11H10BrNOS2/c1-7(8-2-3-15-5-8)13-11(14)9-4-10(12)16-6-9/h2-7H,1H3,(H,13,14). The topological polar surface area (TPSA) is 29.1 Å². The average Bonchev–Trinajstić information content (AvgIpc) is 2.87. The van der Waals surface area contributed by atoms with Crippen molar-refractivity contribution < 1.29 is 4.79 Å². The Hall–Kier alpha value is -0.650. The van der Waals surface area contributed by atoms with Crippen LogP contribution in [0.1, 0.15) is 28.9 Å². The Bertz CT molecular complexity index is 478. The predicted molar refractivity (Wildman–Crippen MR) is 72.2 cm³/mol. The van der Waals surface area contributed by atoms with Crippen LogP contribution >= 0.6 is 38.6 Å².